The zero-order valence-electron chi connectivity index (χ0n) is 9.54. The quantitative estimate of drug-likeness (QED) is 0.829. The number of nitrogens with one attached hydrogen (secondary N) is 1. The molecule has 1 atom stereocenters. The van der Waals surface area contributed by atoms with Gasteiger partial charge >= 0.3 is 0 Å². The molecule has 5 heteroatoms. The third-order valence-corrected chi connectivity index (χ3v) is 2.48. The number of aliphatic hydroxyl groups is 1. The molecule has 0 fully saturated rings. The Bertz CT molecular complexity index is 396. The zero-order valence-corrected chi connectivity index (χ0v) is 9.54. The van der Waals surface area contributed by atoms with Crippen molar-refractivity contribution in [3.63, 3.8) is 0 Å². The molecule has 1 rings (SSSR count). The van der Waals surface area contributed by atoms with E-state index in [-0.39, 0.29) is 18.2 Å². The maximum absolute atomic E-state index is 13.3. The fraction of sp³-hybridized carbons (Fsp3) is 0.417. The first-order valence-electron chi connectivity index (χ1n) is 5.45. The van der Waals surface area contributed by atoms with Crippen molar-refractivity contribution >= 4 is 5.91 Å². The normalized spacial score (nSPS) is 12.2. The third kappa shape index (κ3) is 3.78. The van der Waals surface area contributed by atoms with Gasteiger partial charge in [0.05, 0.1) is 5.56 Å². The molecular formula is C12H15F2NO2. The number of carbonyl (C=O) groups excluding carboxylic acids is 1. The van der Waals surface area contributed by atoms with Crippen LogP contribution in [-0.4, -0.2) is 23.7 Å². The molecule has 94 valence electrons. The van der Waals surface area contributed by atoms with Crippen molar-refractivity contribution in [1.82, 2.24) is 5.32 Å². The summed E-state index contributed by atoms with van der Waals surface area (Å²) in [6.07, 6.45) is 1.04. The molecule has 0 aliphatic heterocycles. The smallest absolute Gasteiger partial charge is 0.254 e. The number of aliphatic hydroxyl groups excluding tert-OH is 1. The van der Waals surface area contributed by atoms with Crippen molar-refractivity contribution < 1.29 is 18.7 Å². The average molecular weight is 243 g/mol. The Labute approximate surface area is 98.5 Å². The fourth-order valence-electron chi connectivity index (χ4n) is 1.47. The number of rotatable bonds is 5. The van der Waals surface area contributed by atoms with Gasteiger partial charge in [0, 0.05) is 18.7 Å². The van der Waals surface area contributed by atoms with Gasteiger partial charge in [0.15, 0.2) is 0 Å². The number of benzene rings is 1. The molecule has 0 bridgehead atoms. The van der Waals surface area contributed by atoms with Gasteiger partial charge in [0.25, 0.3) is 5.91 Å². The summed E-state index contributed by atoms with van der Waals surface area (Å²) in [5.41, 5.74) is -0.192. The highest BCUT2D eigenvalue weighted by molar-refractivity contribution is 5.94. The summed E-state index contributed by atoms with van der Waals surface area (Å²) in [5.74, 6) is -2.20. The number of carbonyl (C=O) groups is 1. The van der Waals surface area contributed by atoms with E-state index in [0.29, 0.717) is 18.9 Å². The first-order valence-corrected chi connectivity index (χ1v) is 5.45. The van der Waals surface area contributed by atoms with E-state index in [1.165, 1.54) is 0 Å². The van der Waals surface area contributed by atoms with E-state index >= 15 is 0 Å². The van der Waals surface area contributed by atoms with Crippen molar-refractivity contribution in [2.24, 2.45) is 0 Å². The first kappa shape index (κ1) is 13.6. The van der Waals surface area contributed by atoms with Crippen LogP contribution in [0.2, 0.25) is 0 Å². The van der Waals surface area contributed by atoms with E-state index in [0.717, 1.165) is 12.1 Å². The number of hydrogen-bond acceptors (Lipinski definition) is 2. The molecule has 0 spiro atoms. The highest BCUT2D eigenvalue weighted by Gasteiger charge is 2.15. The first-order chi connectivity index (χ1) is 8.08. The van der Waals surface area contributed by atoms with Crippen LogP contribution in [0.3, 0.4) is 0 Å². The summed E-state index contributed by atoms with van der Waals surface area (Å²) >= 11 is 0. The summed E-state index contributed by atoms with van der Waals surface area (Å²) in [5, 5.41) is 11.4. The lowest BCUT2D eigenvalue weighted by molar-refractivity contribution is 0.0925. The Morgan fingerprint density at radius 3 is 2.71 bits per heavy atom. The molecule has 0 aromatic heterocycles. The van der Waals surface area contributed by atoms with Crippen molar-refractivity contribution in [1.29, 1.82) is 0 Å². The van der Waals surface area contributed by atoms with Crippen molar-refractivity contribution in [3.8, 4) is 0 Å². The van der Waals surface area contributed by atoms with Crippen LogP contribution in [-0.2, 0) is 0 Å². The molecule has 1 aromatic rings. The van der Waals surface area contributed by atoms with Crippen LogP contribution in [0, 0.1) is 11.6 Å². The lowest BCUT2D eigenvalue weighted by Gasteiger charge is -2.15. The van der Waals surface area contributed by atoms with Gasteiger partial charge in [-0.25, -0.2) is 8.78 Å². The predicted molar refractivity (Wildman–Crippen MR) is 59.6 cm³/mol. The second-order valence-electron chi connectivity index (χ2n) is 3.72. The SMILES string of the molecule is CCC(CCO)NC(=O)c1ccc(F)cc1F. The predicted octanol–water partition coefficient (Wildman–Crippen LogP) is 1.86. The summed E-state index contributed by atoms with van der Waals surface area (Å²) in [4.78, 5) is 11.7. The number of amides is 1. The monoisotopic (exact) mass is 243 g/mol. The van der Waals surface area contributed by atoms with E-state index in [4.69, 9.17) is 5.11 Å². The van der Waals surface area contributed by atoms with Crippen LogP contribution < -0.4 is 5.32 Å². The van der Waals surface area contributed by atoms with Gasteiger partial charge in [-0.05, 0) is 25.0 Å². The average Bonchev–Trinajstić information content (AvgIpc) is 2.28. The Morgan fingerprint density at radius 1 is 1.47 bits per heavy atom. The molecule has 0 saturated heterocycles. The summed E-state index contributed by atoms with van der Waals surface area (Å²) in [6, 6.07) is 2.59. The van der Waals surface area contributed by atoms with Crippen molar-refractivity contribution in [3.05, 3.63) is 35.4 Å². The van der Waals surface area contributed by atoms with Crippen LogP contribution in [0.4, 0.5) is 8.78 Å². The Balaban J connectivity index is 2.75. The number of halogens is 2. The Hall–Kier alpha value is -1.49. The molecular weight excluding hydrogens is 228 g/mol. The second kappa shape index (κ2) is 6.30. The van der Waals surface area contributed by atoms with E-state index < -0.39 is 17.5 Å². The lowest BCUT2D eigenvalue weighted by Crippen LogP contribution is -2.35. The van der Waals surface area contributed by atoms with Gasteiger partial charge in [-0.2, -0.15) is 0 Å². The molecule has 0 aliphatic carbocycles. The summed E-state index contributed by atoms with van der Waals surface area (Å²) in [6.45, 7) is 1.80. The van der Waals surface area contributed by atoms with Gasteiger partial charge < -0.3 is 10.4 Å². The number of hydrogen-bond donors (Lipinski definition) is 2. The molecule has 1 unspecified atom stereocenters. The Kier molecular flexibility index (Phi) is 5.03. The van der Waals surface area contributed by atoms with Crippen molar-refractivity contribution in [2.45, 2.75) is 25.8 Å². The molecule has 1 aromatic carbocycles. The van der Waals surface area contributed by atoms with Gasteiger partial charge in [-0.15, -0.1) is 0 Å². The molecule has 0 heterocycles. The molecule has 0 radical (unpaired) electrons. The standard InChI is InChI=1S/C12H15F2NO2/c1-2-9(5-6-16)15-12(17)10-4-3-8(13)7-11(10)14/h3-4,7,9,16H,2,5-6H2,1H3,(H,15,17). The van der Waals surface area contributed by atoms with Crippen molar-refractivity contribution in [2.75, 3.05) is 6.61 Å². The third-order valence-electron chi connectivity index (χ3n) is 2.48. The minimum atomic E-state index is -0.888. The van der Waals surface area contributed by atoms with Crippen LogP contribution in [0.1, 0.15) is 30.1 Å². The topological polar surface area (TPSA) is 49.3 Å². The van der Waals surface area contributed by atoms with Gasteiger partial charge in [-0.3, -0.25) is 4.79 Å². The highest BCUT2D eigenvalue weighted by atomic mass is 19.1. The van der Waals surface area contributed by atoms with Gasteiger partial charge in [0.1, 0.15) is 11.6 Å². The van der Waals surface area contributed by atoms with Crippen LogP contribution in [0.5, 0.6) is 0 Å². The zero-order chi connectivity index (χ0) is 12.8. The van der Waals surface area contributed by atoms with Crippen LogP contribution >= 0.6 is 0 Å². The summed E-state index contributed by atoms with van der Waals surface area (Å²) in [7, 11) is 0. The minimum Gasteiger partial charge on any atom is -0.396 e. The second-order valence-corrected chi connectivity index (χ2v) is 3.72. The lowest BCUT2D eigenvalue weighted by atomic mass is 10.1. The highest BCUT2D eigenvalue weighted by Crippen LogP contribution is 2.10. The van der Waals surface area contributed by atoms with Gasteiger partial charge in [-0.1, -0.05) is 6.92 Å². The van der Waals surface area contributed by atoms with Crippen LogP contribution in [0.25, 0.3) is 0 Å². The van der Waals surface area contributed by atoms with E-state index in [1.807, 2.05) is 6.92 Å². The van der Waals surface area contributed by atoms with Gasteiger partial charge in [0.2, 0.25) is 0 Å². The molecule has 3 nitrogen and oxygen atoms in total. The molecule has 1 amide bonds. The van der Waals surface area contributed by atoms with E-state index in [1.54, 1.807) is 0 Å². The van der Waals surface area contributed by atoms with E-state index in [2.05, 4.69) is 5.32 Å². The summed E-state index contributed by atoms with van der Waals surface area (Å²) < 4.78 is 25.9. The minimum absolute atomic E-state index is 0.0509. The molecule has 0 aliphatic rings. The molecule has 0 saturated carbocycles. The maximum atomic E-state index is 13.3. The fourth-order valence-corrected chi connectivity index (χ4v) is 1.47. The van der Waals surface area contributed by atoms with E-state index in [9.17, 15) is 13.6 Å². The van der Waals surface area contributed by atoms with Crippen LogP contribution in [0.15, 0.2) is 18.2 Å². The molecule has 17 heavy (non-hydrogen) atoms. The Morgan fingerprint density at radius 2 is 2.18 bits per heavy atom. The maximum Gasteiger partial charge on any atom is 0.254 e. The largest absolute Gasteiger partial charge is 0.396 e. The molecule has 2 N–H and O–H groups in total.